The van der Waals surface area contributed by atoms with Gasteiger partial charge < -0.3 is 9.84 Å². The van der Waals surface area contributed by atoms with E-state index in [0.717, 1.165) is 12.8 Å². The van der Waals surface area contributed by atoms with Crippen LogP contribution in [-0.4, -0.2) is 29.5 Å². The fourth-order valence-electron chi connectivity index (χ4n) is 3.02. The van der Waals surface area contributed by atoms with Crippen LogP contribution in [0.2, 0.25) is 0 Å². The Hall–Kier alpha value is -2.37. The van der Waals surface area contributed by atoms with Crippen LogP contribution < -0.4 is 9.64 Å². The zero-order chi connectivity index (χ0) is 15.0. The first kappa shape index (κ1) is 13.6. The number of hydrogen-bond acceptors (Lipinski definition) is 4. The molecule has 6 nitrogen and oxygen atoms in total. The number of aliphatic carboxylic acids is 1. The number of carbonyl (C=O) groups excluding carboxylic acids is 2. The largest absolute Gasteiger partial charge is 0.482 e. The molecule has 2 bridgehead atoms. The highest BCUT2D eigenvalue weighted by Crippen LogP contribution is 2.40. The second-order valence-corrected chi connectivity index (χ2v) is 5.40. The van der Waals surface area contributed by atoms with Gasteiger partial charge in [-0.25, -0.2) is 9.69 Å². The average Bonchev–Trinajstić information content (AvgIpc) is 2.91. The van der Waals surface area contributed by atoms with Gasteiger partial charge >= 0.3 is 5.97 Å². The minimum absolute atomic E-state index is 0.0729. The predicted octanol–water partition coefficient (Wildman–Crippen LogP) is 1.44. The fraction of sp³-hybridized carbons (Fsp3) is 0.400. The Balaban J connectivity index is 1.85. The molecule has 2 aliphatic rings. The number of carboxylic acid groups (broad SMARTS) is 1. The summed E-state index contributed by atoms with van der Waals surface area (Å²) in [5.74, 6) is -1.22. The molecule has 0 radical (unpaired) electrons. The molecule has 3 rings (SSSR count). The smallest absolute Gasteiger partial charge is 0.341 e. The van der Waals surface area contributed by atoms with Crippen molar-refractivity contribution in [3.8, 4) is 5.75 Å². The van der Waals surface area contributed by atoms with Crippen LogP contribution in [0.25, 0.3) is 0 Å². The van der Waals surface area contributed by atoms with Gasteiger partial charge in [-0.1, -0.05) is 6.07 Å². The predicted molar refractivity (Wildman–Crippen MR) is 72.9 cm³/mol. The van der Waals surface area contributed by atoms with Gasteiger partial charge in [-0.15, -0.1) is 0 Å². The number of fused-ring (bicyclic) bond motifs is 2. The minimum atomic E-state index is -1.08. The van der Waals surface area contributed by atoms with E-state index in [4.69, 9.17) is 9.84 Å². The number of carbonyl (C=O) groups is 3. The van der Waals surface area contributed by atoms with E-state index in [2.05, 4.69) is 0 Å². The molecule has 2 atom stereocenters. The normalized spacial score (nSPS) is 24.3. The number of benzene rings is 1. The van der Waals surface area contributed by atoms with Crippen molar-refractivity contribution in [2.45, 2.75) is 19.3 Å². The lowest BCUT2D eigenvalue weighted by molar-refractivity contribution is -0.139. The Labute approximate surface area is 121 Å². The van der Waals surface area contributed by atoms with Crippen LogP contribution in [0.1, 0.15) is 19.3 Å². The maximum absolute atomic E-state index is 12.3. The molecule has 21 heavy (non-hydrogen) atoms. The molecule has 6 heteroatoms. The molecule has 110 valence electrons. The molecule has 1 aromatic carbocycles. The van der Waals surface area contributed by atoms with E-state index in [0.29, 0.717) is 17.9 Å². The third kappa shape index (κ3) is 2.49. The third-order valence-electron chi connectivity index (χ3n) is 4.01. The second kappa shape index (κ2) is 5.20. The van der Waals surface area contributed by atoms with Gasteiger partial charge in [0.25, 0.3) is 0 Å². The lowest BCUT2D eigenvalue weighted by atomic mass is 9.96. The summed E-state index contributed by atoms with van der Waals surface area (Å²) >= 11 is 0. The first-order valence-corrected chi connectivity index (χ1v) is 6.88. The van der Waals surface area contributed by atoms with Crippen LogP contribution in [0.15, 0.2) is 24.3 Å². The summed E-state index contributed by atoms with van der Waals surface area (Å²) in [6.07, 6.45) is 2.19. The van der Waals surface area contributed by atoms with Crippen LogP contribution in [-0.2, 0) is 14.4 Å². The molecule has 1 aromatic rings. The van der Waals surface area contributed by atoms with E-state index >= 15 is 0 Å². The molecule has 1 N–H and O–H groups in total. The Morgan fingerprint density at radius 2 is 1.90 bits per heavy atom. The van der Waals surface area contributed by atoms with Crippen LogP contribution in [0.5, 0.6) is 5.75 Å². The van der Waals surface area contributed by atoms with Crippen molar-refractivity contribution in [2.24, 2.45) is 11.8 Å². The number of piperidine rings is 1. The monoisotopic (exact) mass is 289 g/mol. The topological polar surface area (TPSA) is 83.9 Å². The Bertz CT molecular complexity index is 590. The lowest BCUT2D eigenvalue weighted by Crippen LogP contribution is -2.46. The quantitative estimate of drug-likeness (QED) is 0.848. The summed E-state index contributed by atoms with van der Waals surface area (Å²) in [6.45, 7) is -0.462. The summed E-state index contributed by atoms with van der Waals surface area (Å²) in [6, 6.07) is 6.43. The minimum Gasteiger partial charge on any atom is -0.482 e. The number of carboxylic acids is 1. The molecule has 1 aliphatic heterocycles. The number of nitrogens with zero attached hydrogens (tertiary/aromatic N) is 1. The van der Waals surface area contributed by atoms with E-state index in [1.165, 1.54) is 11.0 Å². The van der Waals surface area contributed by atoms with Crippen LogP contribution in [0.3, 0.4) is 0 Å². The van der Waals surface area contributed by atoms with Gasteiger partial charge in [-0.3, -0.25) is 9.59 Å². The summed E-state index contributed by atoms with van der Waals surface area (Å²) in [7, 11) is 0. The standard InChI is InChI=1S/C15H15NO5/c17-13(18)8-21-12-3-1-2-11(7-12)16-14(19)9-4-5-10(6-9)15(16)20/h1-3,7,9-10H,4-6,8H2,(H,17,18). The van der Waals surface area contributed by atoms with Crippen LogP contribution in [0, 0.1) is 11.8 Å². The van der Waals surface area contributed by atoms with Gasteiger partial charge in [-0.2, -0.15) is 0 Å². The highest BCUT2D eigenvalue weighted by atomic mass is 16.5. The molecule has 0 spiro atoms. The summed E-state index contributed by atoms with van der Waals surface area (Å²) in [4.78, 5) is 36.4. The Morgan fingerprint density at radius 3 is 2.52 bits per heavy atom. The third-order valence-corrected chi connectivity index (χ3v) is 4.01. The molecule has 0 aromatic heterocycles. The van der Waals surface area contributed by atoms with E-state index in [9.17, 15) is 14.4 Å². The summed E-state index contributed by atoms with van der Waals surface area (Å²) in [5.41, 5.74) is 0.449. The molecular weight excluding hydrogens is 274 g/mol. The van der Waals surface area contributed by atoms with Gasteiger partial charge in [0, 0.05) is 17.9 Å². The van der Waals surface area contributed by atoms with Crippen molar-refractivity contribution < 1.29 is 24.2 Å². The summed E-state index contributed by atoms with van der Waals surface area (Å²) < 4.78 is 5.09. The molecule has 1 aliphatic carbocycles. The maximum atomic E-state index is 12.3. The Kier molecular flexibility index (Phi) is 3.37. The zero-order valence-electron chi connectivity index (χ0n) is 11.3. The number of rotatable bonds is 4. The number of anilines is 1. The highest BCUT2D eigenvalue weighted by molar-refractivity contribution is 6.18. The van der Waals surface area contributed by atoms with E-state index in [-0.39, 0.29) is 23.7 Å². The van der Waals surface area contributed by atoms with Crippen molar-refractivity contribution in [1.29, 1.82) is 0 Å². The first-order chi connectivity index (χ1) is 10.1. The first-order valence-electron chi connectivity index (χ1n) is 6.88. The molecule has 1 heterocycles. The molecule has 1 saturated carbocycles. The maximum Gasteiger partial charge on any atom is 0.341 e. The number of ether oxygens (including phenoxy) is 1. The number of amides is 2. The lowest BCUT2D eigenvalue weighted by Gasteiger charge is -2.29. The zero-order valence-corrected chi connectivity index (χ0v) is 11.3. The van der Waals surface area contributed by atoms with Crippen molar-refractivity contribution in [3.63, 3.8) is 0 Å². The number of imide groups is 1. The van der Waals surface area contributed by atoms with Gasteiger partial charge in [0.15, 0.2) is 6.61 Å². The second-order valence-electron chi connectivity index (χ2n) is 5.40. The van der Waals surface area contributed by atoms with Gasteiger partial charge in [0.05, 0.1) is 5.69 Å². The van der Waals surface area contributed by atoms with Crippen LogP contribution in [0.4, 0.5) is 5.69 Å². The molecule has 2 unspecified atom stereocenters. The van der Waals surface area contributed by atoms with Crippen LogP contribution >= 0.6 is 0 Å². The highest BCUT2D eigenvalue weighted by Gasteiger charge is 2.45. The average molecular weight is 289 g/mol. The van der Waals surface area contributed by atoms with Crippen molar-refractivity contribution >= 4 is 23.5 Å². The van der Waals surface area contributed by atoms with Gasteiger partial charge in [0.2, 0.25) is 11.8 Å². The number of hydrogen-bond donors (Lipinski definition) is 1. The molecular formula is C15H15NO5. The summed E-state index contributed by atoms with van der Waals surface area (Å²) in [5, 5.41) is 8.61. The van der Waals surface area contributed by atoms with E-state index in [1.54, 1.807) is 18.2 Å². The molecule has 1 saturated heterocycles. The van der Waals surface area contributed by atoms with Gasteiger partial charge in [0.1, 0.15) is 5.75 Å². The molecule has 2 amide bonds. The van der Waals surface area contributed by atoms with Crippen molar-refractivity contribution in [3.05, 3.63) is 24.3 Å². The van der Waals surface area contributed by atoms with E-state index in [1.807, 2.05) is 0 Å². The fourth-order valence-corrected chi connectivity index (χ4v) is 3.02. The van der Waals surface area contributed by atoms with E-state index < -0.39 is 12.6 Å². The van der Waals surface area contributed by atoms with Crippen molar-refractivity contribution in [2.75, 3.05) is 11.5 Å². The van der Waals surface area contributed by atoms with Gasteiger partial charge in [-0.05, 0) is 31.4 Å². The Morgan fingerprint density at radius 1 is 1.24 bits per heavy atom. The molecule has 2 fully saturated rings. The SMILES string of the molecule is O=C(O)COc1cccc(N2C(=O)C3CCC(C3)C2=O)c1. The van der Waals surface area contributed by atoms with Crippen molar-refractivity contribution in [1.82, 2.24) is 0 Å².